The van der Waals surface area contributed by atoms with Crippen molar-refractivity contribution in [2.24, 2.45) is 5.73 Å². The fraction of sp³-hybridized carbons (Fsp3) is 0.385. The molecule has 1 aromatic carbocycles. The highest BCUT2D eigenvalue weighted by Crippen LogP contribution is 2.20. The highest BCUT2D eigenvalue weighted by atomic mass is 35.5. The zero-order chi connectivity index (χ0) is 14.3. The molecule has 0 bridgehead atoms. The highest BCUT2D eigenvalue weighted by Gasteiger charge is 2.11. The number of nitrogens with two attached hydrogens (primary N) is 1. The van der Waals surface area contributed by atoms with Crippen molar-refractivity contribution < 1.29 is 9.59 Å². The molecule has 0 fully saturated rings. The van der Waals surface area contributed by atoms with Gasteiger partial charge in [-0.2, -0.15) is 0 Å². The lowest BCUT2D eigenvalue weighted by Gasteiger charge is -2.11. The van der Waals surface area contributed by atoms with Crippen LogP contribution in [0.25, 0.3) is 0 Å². The maximum atomic E-state index is 12.0. The van der Waals surface area contributed by atoms with E-state index in [2.05, 4.69) is 10.6 Å². The number of amides is 2. The van der Waals surface area contributed by atoms with Crippen LogP contribution in [0, 0.1) is 0 Å². The highest BCUT2D eigenvalue weighted by molar-refractivity contribution is 6.31. The van der Waals surface area contributed by atoms with Gasteiger partial charge < -0.3 is 16.4 Å². The van der Waals surface area contributed by atoms with Crippen molar-refractivity contribution in [1.29, 1.82) is 0 Å². The van der Waals surface area contributed by atoms with E-state index in [-0.39, 0.29) is 18.2 Å². The summed E-state index contributed by atoms with van der Waals surface area (Å²) in [5, 5.41) is 6.34. The number of halogens is 1. The minimum Gasteiger partial charge on any atom is -0.385 e. The Bertz CT molecular complexity index is 463. The van der Waals surface area contributed by atoms with Gasteiger partial charge in [0.15, 0.2) is 0 Å². The van der Waals surface area contributed by atoms with Crippen molar-refractivity contribution in [3.63, 3.8) is 0 Å². The van der Waals surface area contributed by atoms with Crippen LogP contribution in [0.3, 0.4) is 0 Å². The van der Waals surface area contributed by atoms with Crippen LogP contribution in [-0.2, 0) is 4.79 Å². The average molecular weight is 284 g/mol. The SMILES string of the molecule is CCNc1ccc(Cl)cc1C(=O)NCCCC(N)=O. The molecule has 0 spiro atoms. The maximum absolute atomic E-state index is 12.0. The summed E-state index contributed by atoms with van der Waals surface area (Å²) in [4.78, 5) is 22.6. The van der Waals surface area contributed by atoms with E-state index in [1.807, 2.05) is 6.92 Å². The predicted molar refractivity (Wildman–Crippen MR) is 76.4 cm³/mol. The van der Waals surface area contributed by atoms with Crippen LogP contribution in [0.4, 0.5) is 5.69 Å². The van der Waals surface area contributed by atoms with Crippen molar-refractivity contribution >= 4 is 29.1 Å². The van der Waals surface area contributed by atoms with Crippen LogP contribution in [0.2, 0.25) is 5.02 Å². The molecule has 19 heavy (non-hydrogen) atoms. The van der Waals surface area contributed by atoms with Gasteiger partial charge in [0.1, 0.15) is 0 Å². The zero-order valence-corrected chi connectivity index (χ0v) is 11.6. The summed E-state index contributed by atoms with van der Waals surface area (Å²) < 4.78 is 0. The van der Waals surface area contributed by atoms with Gasteiger partial charge in [0.05, 0.1) is 5.56 Å². The molecule has 5 nitrogen and oxygen atoms in total. The fourth-order valence-electron chi connectivity index (χ4n) is 1.61. The molecule has 1 aromatic rings. The van der Waals surface area contributed by atoms with Gasteiger partial charge in [0, 0.05) is 30.2 Å². The smallest absolute Gasteiger partial charge is 0.253 e. The van der Waals surface area contributed by atoms with Crippen LogP contribution in [0.5, 0.6) is 0 Å². The number of primary amides is 1. The second-order valence-electron chi connectivity index (χ2n) is 4.05. The van der Waals surface area contributed by atoms with E-state index >= 15 is 0 Å². The van der Waals surface area contributed by atoms with E-state index in [1.54, 1.807) is 18.2 Å². The van der Waals surface area contributed by atoms with Crippen molar-refractivity contribution in [3.05, 3.63) is 28.8 Å². The number of rotatable bonds is 7. The Kier molecular flexibility index (Phi) is 6.15. The summed E-state index contributed by atoms with van der Waals surface area (Å²) in [5.74, 6) is -0.590. The first-order valence-corrected chi connectivity index (χ1v) is 6.52. The Hall–Kier alpha value is -1.75. The Morgan fingerprint density at radius 3 is 2.74 bits per heavy atom. The molecule has 104 valence electrons. The Morgan fingerprint density at radius 2 is 2.11 bits per heavy atom. The molecule has 0 radical (unpaired) electrons. The van der Waals surface area contributed by atoms with E-state index < -0.39 is 0 Å². The summed E-state index contributed by atoms with van der Waals surface area (Å²) in [5.41, 5.74) is 6.25. The molecule has 0 saturated carbocycles. The third kappa shape index (κ3) is 5.18. The van der Waals surface area contributed by atoms with Gasteiger partial charge in [0.2, 0.25) is 5.91 Å². The van der Waals surface area contributed by atoms with Gasteiger partial charge >= 0.3 is 0 Å². The summed E-state index contributed by atoms with van der Waals surface area (Å²) >= 11 is 5.89. The van der Waals surface area contributed by atoms with Gasteiger partial charge in [-0.15, -0.1) is 0 Å². The molecule has 0 aliphatic rings. The van der Waals surface area contributed by atoms with Crippen molar-refractivity contribution in [2.75, 3.05) is 18.4 Å². The minimum absolute atomic E-state index is 0.220. The largest absolute Gasteiger partial charge is 0.385 e. The lowest BCUT2D eigenvalue weighted by atomic mass is 10.1. The second-order valence-corrected chi connectivity index (χ2v) is 4.48. The van der Waals surface area contributed by atoms with Gasteiger partial charge in [-0.3, -0.25) is 9.59 Å². The van der Waals surface area contributed by atoms with Crippen LogP contribution in [-0.4, -0.2) is 24.9 Å². The molecule has 6 heteroatoms. The molecular weight excluding hydrogens is 266 g/mol. The van der Waals surface area contributed by atoms with Crippen LogP contribution in [0.15, 0.2) is 18.2 Å². The van der Waals surface area contributed by atoms with Gasteiger partial charge in [-0.1, -0.05) is 11.6 Å². The third-order valence-electron chi connectivity index (χ3n) is 2.48. The van der Waals surface area contributed by atoms with Gasteiger partial charge in [-0.25, -0.2) is 0 Å². The molecule has 0 aliphatic carbocycles. The normalized spacial score (nSPS) is 10.0. The minimum atomic E-state index is -0.370. The van der Waals surface area contributed by atoms with E-state index in [0.29, 0.717) is 30.1 Å². The molecule has 0 unspecified atom stereocenters. The molecule has 0 heterocycles. The number of anilines is 1. The number of nitrogens with one attached hydrogen (secondary N) is 2. The Morgan fingerprint density at radius 1 is 1.37 bits per heavy atom. The fourth-order valence-corrected chi connectivity index (χ4v) is 1.78. The third-order valence-corrected chi connectivity index (χ3v) is 2.71. The molecular formula is C13H18ClN3O2. The maximum Gasteiger partial charge on any atom is 0.253 e. The molecule has 0 saturated heterocycles. The summed E-state index contributed by atoms with van der Waals surface area (Å²) in [6.07, 6.45) is 0.786. The molecule has 0 aromatic heterocycles. The topological polar surface area (TPSA) is 84.2 Å². The summed E-state index contributed by atoms with van der Waals surface area (Å²) in [6, 6.07) is 5.11. The molecule has 0 atom stereocenters. The molecule has 1 rings (SSSR count). The Balaban J connectivity index is 2.64. The molecule has 2 amide bonds. The van der Waals surface area contributed by atoms with Crippen molar-refractivity contribution in [2.45, 2.75) is 19.8 Å². The predicted octanol–water partition coefficient (Wildman–Crippen LogP) is 1.77. The zero-order valence-electron chi connectivity index (χ0n) is 10.8. The molecule has 0 aliphatic heterocycles. The number of hydrogen-bond donors (Lipinski definition) is 3. The average Bonchev–Trinajstić information content (AvgIpc) is 2.36. The van der Waals surface area contributed by atoms with Gasteiger partial charge in [-0.05, 0) is 31.5 Å². The van der Waals surface area contributed by atoms with E-state index in [0.717, 1.165) is 5.69 Å². The first-order chi connectivity index (χ1) is 9.04. The number of benzene rings is 1. The van der Waals surface area contributed by atoms with E-state index in [4.69, 9.17) is 17.3 Å². The lowest BCUT2D eigenvalue weighted by molar-refractivity contribution is -0.118. The quantitative estimate of drug-likeness (QED) is 0.667. The van der Waals surface area contributed by atoms with Gasteiger partial charge in [0.25, 0.3) is 5.91 Å². The second kappa shape index (κ2) is 7.63. The monoisotopic (exact) mass is 283 g/mol. The Labute approximate surface area is 117 Å². The standard InChI is InChI=1S/C13H18ClN3O2/c1-2-16-11-6-5-9(14)8-10(11)13(19)17-7-3-4-12(15)18/h5-6,8,16H,2-4,7H2,1H3,(H2,15,18)(H,17,19). The molecule has 4 N–H and O–H groups in total. The van der Waals surface area contributed by atoms with Crippen LogP contribution < -0.4 is 16.4 Å². The van der Waals surface area contributed by atoms with E-state index in [9.17, 15) is 9.59 Å². The summed E-state index contributed by atoms with van der Waals surface area (Å²) in [7, 11) is 0. The first-order valence-electron chi connectivity index (χ1n) is 6.14. The van der Waals surface area contributed by atoms with Crippen LogP contribution >= 0.6 is 11.6 Å². The number of hydrogen-bond acceptors (Lipinski definition) is 3. The first kappa shape index (κ1) is 15.3. The summed E-state index contributed by atoms with van der Waals surface area (Å²) in [6.45, 7) is 3.06. The number of carbonyl (C=O) groups is 2. The van der Waals surface area contributed by atoms with Crippen molar-refractivity contribution in [1.82, 2.24) is 5.32 Å². The number of carbonyl (C=O) groups excluding carboxylic acids is 2. The van der Waals surface area contributed by atoms with Crippen molar-refractivity contribution in [3.8, 4) is 0 Å². The van der Waals surface area contributed by atoms with Crippen LogP contribution in [0.1, 0.15) is 30.1 Å². The van der Waals surface area contributed by atoms with E-state index in [1.165, 1.54) is 0 Å². The lowest BCUT2D eigenvalue weighted by Crippen LogP contribution is -2.26.